The van der Waals surface area contributed by atoms with E-state index >= 15 is 0 Å². The van der Waals surface area contributed by atoms with Crippen LogP contribution in [0.4, 0.5) is 0 Å². The summed E-state index contributed by atoms with van der Waals surface area (Å²) in [6.45, 7) is 5.38. The van der Waals surface area contributed by atoms with E-state index in [4.69, 9.17) is 0 Å². The Hall–Kier alpha value is -0.930. The van der Waals surface area contributed by atoms with Gasteiger partial charge in [0.15, 0.2) is 0 Å². The maximum Gasteiger partial charge on any atom is 0.0702 e. The first-order valence-electron chi connectivity index (χ1n) is 6.33. The molecule has 1 unspecified atom stereocenters. The molecule has 0 amide bonds. The van der Waals surface area contributed by atoms with Crippen molar-refractivity contribution < 1.29 is 0 Å². The standard InChI is InChI=1S/C15H19BrN2/c1-11(2)15(9-16)18-10-12-5-6-14-13(8-12)4-3-7-17-14/h3-8,11,15,18H,9-10H2,1-2H3. The number of halogens is 1. The summed E-state index contributed by atoms with van der Waals surface area (Å²) >= 11 is 3.56. The highest BCUT2D eigenvalue weighted by molar-refractivity contribution is 9.09. The van der Waals surface area contributed by atoms with Crippen molar-refractivity contribution in [3.05, 3.63) is 42.1 Å². The zero-order valence-electron chi connectivity index (χ0n) is 10.9. The Labute approximate surface area is 117 Å². The second-order valence-electron chi connectivity index (χ2n) is 4.92. The number of fused-ring (bicyclic) bond motifs is 1. The monoisotopic (exact) mass is 306 g/mol. The number of hydrogen-bond donors (Lipinski definition) is 1. The average molecular weight is 307 g/mol. The lowest BCUT2D eigenvalue weighted by Gasteiger charge is -2.20. The Morgan fingerprint density at radius 3 is 2.83 bits per heavy atom. The van der Waals surface area contributed by atoms with Gasteiger partial charge < -0.3 is 5.32 Å². The SMILES string of the molecule is CC(C)C(CBr)NCc1ccc2ncccc2c1. The molecule has 1 aromatic carbocycles. The van der Waals surface area contributed by atoms with E-state index in [0.29, 0.717) is 12.0 Å². The molecule has 0 aliphatic rings. The fourth-order valence-corrected chi connectivity index (χ4v) is 2.93. The van der Waals surface area contributed by atoms with Gasteiger partial charge in [0.25, 0.3) is 0 Å². The second-order valence-corrected chi connectivity index (χ2v) is 5.56. The number of benzene rings is 1. The van der Waals surface area contributed by atoms with E-state index in [0.717, 1.165) is 17.4 Å². The lowest BCUT2D eigenvalue weighted by atomic mass is 10.1. The molecule has 0 aliphatic heterocycles. The molecule has 1 atom stereocenters. The topological polar surface area (TPSA) is 24.9 Å². The van der Waals surface area contributed by atoms with Crippen molar-refractivity contribution in [2.75, 3.05) is 5.33 Å². The molecule has 0 aliphatic carbocycles. The van der Waals surface area contributed by atoms with Gasteiger partial charge >= 0.3 is 0 Å². The molecule has 0 bridgehead atoms. The summed E-state index contributed by atoms with van der Waals surface area (Å²) in [5.74, 6) is 0.631. The summed E-state index contributed by atoms with van der Waals surface area (Å²) < 4.78 is 0. The maximum atomic E-state index is 4.33. The largest absolute Gasteiger partial charge is 0.309 e. The van der Waals surface area contributed by atoms with Gasteiger partial charge in [0.2, 0.25) is 0 Å². The van der Waals surface area contributed by atoms with E-state index in [-0.39, 0.29) is 0 Å². The third-order valence-electron chi connectivity index (χ3n) is 3.21. The van der Waals surface area contributed by atoms with Crippen LogP contribution in [0.1, 0.15) is 19.4 Å². The fourth-order valence-electron chi connectivity index (χ4n) is 1.95. The summed E-state index contributed by atoms with van der Waals surface area (Å²) in [6, 6.07) is 11.0. The predicted octanol–water partition coefficient (Wildman–Crippen LogP) is 3.74. The lowest BCUT2D eigenvalue weighted by Crippen LogP contribution is -2.34. The number of rotatable bonds is 5. The Balaban J connectivity index is 2.07. The molecular weight excluding hydrogens is 288 g/mol. The van der Waals surface area contributed by atoms with Gasteiger partial charge in [-0.25, -0.2) is 0 Å². The van der Waals surface area contributed by atoms with Crippen LogP contribution in [0.2, 0.25) is 0 Å². The first-order valence-corrected chi connectivity index (χ1v) is 7.46. The van der Waals surface area contributed by atoms with Crippen LogP contribution >= 0.6 is 15.9 Å². The summed E-state index contributed by atoms with van der Waals surface area (Å²) in [6.07, 6.45) is 1.83. The molecule has 0 saturated carbocycles. The Morgan fingerprint density at radius 2 is 2.11 bits per heavy atom. The van der Waals surface area contributed by atoms with Gasteiger partial charge in [0.1, 0.15) is 0 Å². The third kappa shape index (κ3) is 3.30. The third-order valence-corrected chi connectivity index (χ3v) is 3.90. The van der Waals surface area contributed by atoms with Gasteiger partial charge in [-0.15, -0.1) is 0 Å². The van der Waals surface area contributed by atoms with Crippen LogP contribution < -0.4 is 5.32 Å². The summed E-state index contributed by atoms with van der Waals surface area (Å²) in [5, 5.41) is 5.77. The number of hydrogen-bond acceptors (Lipinski definition) is 2. The normalized spacial score (nSPS) is 13.1. The summed E-state index contributed by atoms with van der Waals surface area (Å²) in [5.41, 5.74) is 2.37. The number of nitrogens with zero attached hydrogens (tertiary/aromatic N) is 1. The minimum Gasteiger partial charge on any atom is -0.309 e. The van der Waals surface area contributed by atoms with Crippen LogP contribution in [0, 0.1) is 5.92 Å². The van der Waals surface area contributed by atoms with E-state index in [1.54, 1.807) is 0 Å². The minimum absolute atomic E-state index is 0.509. The van der Waals surface area contributed by atoms with Crippen LogP contribution in [0.25, 0.3) is 10.9 Å². The highest BCUT2D eigenvalue weighted by Crippen LogP contribution is 2.14. The van der Waals surface area contributed by atoms with Crippen LogP contribution in [-0.2, 0) is 6.54 Å². The maximum absolute atomic E-state index is 4.33. The van der Waals surface area contributed by atoms with Gasteiger partial charge in [-0.1, -0.05) is 41.9 Å². The molecule has 3 heteroatoms. The zero-order chi connectivity index (χ0) is 13.0. The molecule has 2 rings (SSSR count). The quantitative estimate of drug-likeness (QED) is 0.851. The Bertz CT molecular complexity index is 511. The van der Waals surface area contributed by atoms with E-state index < -0.39 is 0 Å². The van der Waals surface area contributed by atoms with Crippen molar-refractivity contribution in [1.29, 1.82) is 0 Å². The molecule has 2 aromatic rings. The number of pyridine rings is 1. The first kappa shape index (κ1) is 13.5. The van der Waals surface area contributed by atoms with Gasteiger partial charge in [0.05, 0.1) is 5.52 Å². The van der Waals surface area contributed by atoms with E-state index in [2.05, 4.69) is 64.3 Å². The van der Waals surface area contributed by atoms with Crippen LogP contribution in [0.3, 0.4) is 0 Å². The molecule has 1 N–H and O–H groups in total. The van der Waals surface area contributed by atoms with Gasteiger partial charge in [-0.05, 0) is 29.7 Å². The van der Waals surface area contributed by atoms with Gasteiger partial charge in [0, 0.05) is 29.5 Å². The molecule has 0 spiro atoms. The summed E-state index contributed by atoms with van der Waals surface area (Å²) in [4.78, 5) is 4.33. The highest BCUT2D eigenvalue weighted by atomic mass is 79.9. The Kier molecular flexibility index (Phi) is 4.72. The molecule has 96 valence electrons. The fraction of sp³-hybridized carbons (Fsp3) is 0.400. The zero-order valence-corrected chi connectivity index (χ0v) is 12.4. The Morgan fingerprint density at radius 1 is 1.28 bits per heavy atom. The van der Waals surface area contributed by atoms with Crippen molar-refractivity contribution in [1.82, 2.24) is 10.3 Å². The molecule has 2 nitrogen and oxygen atoms in total. The molecular formula is C15H19BrN2. The molecule has 0 saturated heterocycles. The average Bonchev–Trinajstić information content (AvgIpc) is 2.39. The van der Waals surface area contributed by atoms with Gasteiger partial charge in [-0.2, -0.15) is 0 Å². The smallest absolute Gasteiger partial charge is 0.0702 e. The lowest BCUT2D eigenvalue weighted by molar-refractivity contribution is 0.434. The molecule has 1 aromatic heterocycles. The van der Waals surface area contributed by atoms with Crippen molar-refractivity contribution in [3.8, 4) is 0 Å². The molecule has 1 heterocycles. The number of nitrogens with one attached hydrogen (secondary N) is 1. The molecule has 0 fully saturated rings. The van der Waals surface area contributed by atoms with E-state index in [1.165, 1.54) is 10.9 Å². The van der Waals surface area contributed by atoms with Crippen LogP contribution in [-0.4, -0.2) is 16.4 Å². The summed E-state index contributed by atoms with van der Waals surface area (Å²) in [7, 11) is 0. The van der Waals surface area contributed by atoms with Crippen LogP contribution in [0.15, 0.2) is 36.5 Å². The van der Waals surface area contributed by atoms with E-state index in [1.807, 2.05) is 12.3 Å². The highest BCUT2D eigenvalue weighted by Gasteiger charge is 2.10. The second kappa shape index (κ2) is 6.30. The molecule has 0 radical (unpaired) electrons. The number of alkyl halides is 1. The van der Waals surface area contributed by atoms with Crippen LogP contribution in [0.5, 0.6) is 0 Å². The van der Waals surface area contributed by atoms with E-state index in [9.17, 15) is 0 Å². The van der Waals surface area contributed by atoms with Gasteiger partial charge in [-0.3, -0.25) is 4.98 Å². The first-order chi connectivity index (χ1) is 8.70. The van der Waals surface area contributed by atoms with Crippen molar-refractivity contribution >= 4 is 26.8 Å². The van der Waals surface area contributed by atoms with Crippen molar-refractivity contribution in [3.63, 3.8) is 0 Å². The molecule has 18 heavy (non-hydrogen) atoms. The number of aromatic nitrogens is 1. The predicted molar refractivity (Wildman–Crippen MR) is 81.0 cm³/mol. The minimum atomic E-state index is 0.509. The van der Waals surface area contributed by atoms with Crippen molar-refractivity contribution in [2.24, 2.45) is 5.92 Å². The van der Waals surface area contributed by atoms with Crippen molar-refractivity contribution in [2.45, 2.75) is 26.4 Å².